The zero-order chi connectivity index (χ0) is 21.7. The molecule has 0 aliphatic rings. The third-order valence-corrected chi connectivity index (χ3v) is 4.91. The van der Waals surface area contributed by atoms with Crippen molar-refractivity contribution in [1.29, 1.82) is 0 Å². The van der Waals surface area contributed by atoms with Gasteiger partial charge in [-0.05, 0) is 60.6 Å². The molecule has 3 aromatic carbocycles. The molecule has 162 valence electrons. The average molecular weight is 436 g/mol. The fraction of sp³-hybridized carbons (Fsp3) is 0.240. The van der Waals surface area contributed by atoms with Crippen molar-refractivity contribution in [3.63, 3.8) is 0 Å². The summed E-state index contributed by atoms with van der Waals surface area (Å²) >= 11 is 5.36. The minimum atomic E-state index is -0.545. The Balaban J connectivity index is 1.29. The highest BCUT2D eigenvalue weighted by Gasteiger charge is 2.05. The number of hydrogen-bond donors (Lipinski definition) is 4. The van der Waals surface area contributed by atoms with E-state index in [9.17, 15) is 5.11 Å². The number of hydrogen-bond acceptors (Lipinski definition) is 4. The lowest BCUT2D eigenvalue weighted by Crippen LogP contribution is -2.32. The second-order valence-corrected chi connectivity index (χ2v) is 7.63. The van der Waals surface area contributed by atoms with Gasteiger partial charge in [-0.3, -0.25) is 0 Å². The fourth-order valence-corrected chi connectivity index (χ4v) is 3.17. The van der Waals surface area contributed by atoms with Gasteiger partial charge in [0.1, 0.15) is 18.5 Å². The number of aliphatic hydroxyl groups excluding tert-OH is 1. The lowest BCUT2D eigenvalue weighted by Gasteiger charge is -2.13. The van der Waals surface area contributed by atoms with Crippen LogP contribution in [0.4, 0.5) is 5.69 Å². The van der Waals surface area contributed by atoms with Crippen LogP contribution in [0.3, 0.4) is 0 Å². The van der Waals surface area contributed by atoms with E-state index in [0.717, 1.165) is 24.4 Å². The first-order valence-electron chi connectivity index (χ1n) is 10.4. The van der Waals surface area contributed by atoms with Gasteiger partial charge in [-0.25, -0.2) is 0 Å². The van der Waals surface area contributed by atoms with Crippen LogP contribution in [0.2, 0.25) is 0 Å². The second-order valence-electron chi connectivity index (χ2n) is 7.22. The number of aliphatic hydroxyl groups is 1. The zero-order valence-corrected chi connectivity index (χ0v) is 18.3. The summed E-state index contributed by atoms with van der Waals surface area (Å²) in [6.45, 7) is 2.24. The molecule has 0 bridgehead atoms. The molecule has 3 rings (SSSR count). The number of thiocarbonyl (C=S) groups is 1. The van der Waals surface area contributed by atoms with Gasteiger partial charge in [0.05, 0.1) is 0 Å². The maximum Gasteiger partial charge on any atom is 0.171 e. The van der Waals surface area contributed by atoms with Crippen molar-refractivity contribution < 1.29 is 9.84 Å². The monoisotopic (exact) mass is 435 g/mol. The molecule has 31 heavy (non-hydrogen) atoms. The van der Waals surface area contributed by atoms with Crippen LogP contribution < -0.4 is 20.7 Å². The van der Waals surface area contributed by atoms with Crippen molar-refractivity contribution in [2.45, 2.75) is 19.1 Å². The minimum Gasteiger partial charge on any atom is -0.491 e. The number of benzene rings is 3. The van der Waals surface area contributed by atoms with Crippen LogP contribution in [0.1, 0.15) is 11.1 Å². The predicted octanol–water partition coefficient (Wildman–Crippen LogP) is 3.75. The first-order valence-corrected chi connectivity index (χ1v) is 10.8. The van der Waals surface area contributed by atoms with E-state index >= 15 is 0 Å². The Morgan fingerprint density at radius 1 is 0.871 bits per heavy atom. The van der Waals surface area contributed by atoms with Gasteiger partial charge in [-0.2, -0.15) is 0 Å². The molecule has 0 aromatic heterocycles. The number of para-hydroxylation sites is 1. The minimum absolute atomic E-state index is 0.273. The standard InChI is InChI=1S/C25H29N3O2S/c29-23(19-30-24-9-5-2-6-10-24)18-26-16-15-20-11-13-22(14-12-20)28-25(31)27-17-21-7-3-1-4-8-21/h1-14,23,26,29H,15-19H2,(H2,27,28,31)/t23-/m0/s1. The van der Waals surface area contributed by atoms with Gasteiger partial charge < -0.3 is 25.8 Å². The lowest BCUT2D eigenvalue weighted by molar-refractivity contribution is 0.106. The third kappa shape index (κ3) is 8.76. The smallest absolute Gasteiger partial charge is 0.171 e. The average Bonchev–Trinajstić information content (AvgIpc) is 2.81. The van der Waals surface area contributed by atoms with Crippen LogP contribution in [0.5, 0.6) is 5.75 Å². The summed E-state index contributed by atoms with van der Waals surface area (Å²) in [6, 6.07) is 27.9. The Kier molecular flexibility index (Phi) is 9.32. The highest BCUT2D eigenvalue weighted by Crippen LogP contribution is 2.10. The van der Waals surface area contributed by atoms with Crippen LogP contribution in [-0.4, -0.2) is 36.0 Å². The molecule has 0 fully saturated rings. The van der Waals surface area contributed by atoms with E-state index in [1.54, 1.807) is 0 Å². The van der Waals surface area contributed by atoms with E-state index in [-0.39, 0.29) is 6.61 Å². The molecule has 0 saturated carbocycles. The second kappa shape index (κ2) is 12.7. The summed E-state index contributed by atoms with van der Waals surface area (Å²) in [6.07, 6.45) is 0.333. The van der Waals surface area contributed by atoms with Gasteiger partial charge in [0.2, 0.25) is 0 Å². The number of anilines is 1. The topological polar surface area (TPSA) is 65.5 Å². The van der Waals surface area contributed by atoms with E-state index in [4.69, 9.17) is 17.0 Å². The van der Waals surface area contributed by atoms with Gasteiger partial charge in [0.15, 0.2) is 5.11 Å². The molecule has 0 unspecified atom stereocenters. The summed E-state index contributed by atoms with van der Waals surface area (Å²) in [5.41, 5.74) is 3.36. The van der Waals surface area contributed by atoms with E-state index in [1.165, 1.54) is 11.1 Å². The van der Waals surface area contributed by atoms with Crippen LogP contribution in [0, 0.1) is 0 Å². The van der Waals surface area contributed by atoms with Gasteiger partial charge in [0, 0.05) is 18.8 Å². The molecule has 6 heteroatoms. The number of nitrogens with one attached hydrogen (secondary N) is 3. The first-order chi connectivity index (χ1) is 15.2. The van der Waals surface area contributed by atoms with Crippen molar-refractivity contribution in [2.24, 2.45) is 0 Å². The van der Waals surface area contributed by atoms with Gasteiger partial charge in [-0.1, -0.05) is 60.7 Å². The van der Waals surface area contributed by atoms with Gasteiger partial charge >= 0.3 is 0 Å². The Labute approximate surface area is 189 Å². The molecular weight excluding hydrogens is 406 g/mol. The summed E-state index contributed by atoms with van der Waals surface area (Å²) in [5.74, 6) is 0.769. The van der Waals surface area contributed by atoms with Crippen molar-refractivity contribution in [3.8, 4) is 5.75 Å². The first kappa shape index (κ1) is 22.7. The number of rotatable bonds is 11. The molecule has 0 radical (unpaired) electrons. The fourth-order valence-electron chi connectivity index (χ4n) is 2.98. The molecule has 0 aliphatic heterocycles. The molecular formula is C25H29N3O2S. The Morgan fingerprint density at radius 2 is 1.55 bits per heavy atom. The Bertz CT molecular complexity index is 905. The molecule has 0 amide bonds. The van der Waals surface area contributed by atoms with E-state index in [0.29, 0.717) is 18.2 Å². The highest BCUT2D eigenvalue weighted by atomic mass is 32.1. The van der Waals surface area contributed by atoms with Gasteiger partial charge in [-0.15, -0.1) is 0 Å². The van der Waals surface area contributed by atoms with Crippen LogP contribution in [0.15, 0.2) is 84.9 Å². The molecule has 5 nitrogen and oxygen atoms in total. The van der Waals surface area contributed by atoms with Crippen LogP contribution >= 0.6 is 12.2 Å². The van der Waals surface area contributed by atoms with Crippen molar-refractivity contribution in [2.75, 3.05) is 25.0 Å². The summed E-state index contributed by atoms with van der Waals surface area (Å²) in [5, 5.41) is 20.3. The van der Waals surface area contributed by atoms with E-state index < -0.39 is 6.10 Å². The summed E-state index contributed by atoms with van der Waals surface area (Å²) in [7, 11) is 0. The van der Waals surface area contributed by atoms with E-state index in [1.807, 2.05) is 60.7 Å². The molecule has 3 aromatic rings. The number of ether oxygens (including phenoxy) is 1. The molecule has 0 spiro atoms. The maximum atomic E-state index is 10.0. The van der Waals surface area contributed by atoms with Gasteiger partial charge in [0.25, 0.3) is 0 Å². The molecule has 1 atom stereocenters. The molecule has 0 aliphatic carbocycles. The van der Waals surface area contributed by atoms with Crippen molar-refractivity contribution in [3.05, 3.63) is 96.1 Å². The highest BCUT2D eigenvalue weighted by molar-refractivity contribution is 7.80. The Morgan fingerprint density at radius 3 is 2.26 bits per heavy atom. The largest absolute Gasteiger partial charge is 0.491 e. The lowest BCUT2D eigenvalue weighted by atomic mass is 10.1. The molecule has 0 saturated heterocycles. The maximum absolute atomic E-state index is 10.0. The zero-order valence-electron chi connectivity index (χ0n) is 17.5. The van der Waals surface area contributed by atoms with Crippen LogP contribution in [-0.2, 0) is 13.0 Å². The third-order valence-electron chi connectivity index (χ3n) is 4.66. The predicted molar refractivity (Wildman–Crippen MR) is 130 cm³/mol. The normalized spacial score (nSPS) is 11.5. The molecule has 0 heterocycles. The Hall–Kier alpha value is -2.93. The van der Waals surface area contributed by atoms with Crippen molar-refractivity contribution >= 4 is 23.0 Å². The van der Waals surface area contributed by atoms with Crippen LogP contribution in [0.25, 0.3) is 0 Å². The molecule has 4 N–H and O–H groups in total. The quantitative estimate of drug-likeness (QED) is 0.272. The van der Waals surface area contributed by atoms with E-state index in [2.05, 4.69) is 40.2 Å². The van der Waals surface area contributed by atoms with Crippen molar-refractivity contribution in [1.82, 2.24) is 10.6 Å². The summed E-state index contributed by atoms with van der Waals surface area (Å²) in [4.78, 5) is 0. The SMILES string of the molecule is O[C@@H](CNCCc1ccc(NC(=S)NCc2ccccc2)cc1)COc1ccccc1. The summed E-state index contributed by atoms with van der Waals surface area (Å²) < 4.78 is 5.56.